The molecule has 0 bridgehead atoms. The Morgan fingerprint density at radius 1 is 0.533 bits per heavy atom. The summed E-state index contributed by atoms with van der Waals surface area (Å²) in [5.74, 6) is -4.27. The highest BCUT2D eigenvalue weighted by Crippen LogP contribution is 2.30. The lowest BCUT2D eigenvalue weighted by atomic mass is 10.1. The van der Waals surface area contributed by atoms with Gasteiger partial charge in [0.05, 0.1) is 48.0 Å². The quantitative estimate of drug-likeness (QED) is 0.103. The minimum atomic E-state index is -0.898. The Morgan fingerprint density at radius 3 is 1.56 bits per heavy atom. The van der Waals surface area contributed by atoms with Crippen LogP contribution in [0.2, 0.25) is 20.1 Å². The van der Waals surface area contributed by atoms with Gasteiger partial charge in [0, 0.05) is 11.1 Å². The van der Waals surface area contributed by atoms with E-state index < -0.39 is 48.5 Å². The molecule has 4 aromatic rings. The third kappa shape index (κ3) is 6.77. The normalized spacial score (nSPS) is 12.1. The molecular weight excluding hydrogens is 668 g/mol. The predicted octanol–water partition coefficient (Wildman–Crippen LogP) is 7.18. The zero-order valence-electron chi connectivity index (χ0n) is 22.6. The first-order valence-electron chi connectivity index (χ1n) is 12.9. The Balaban J connectivity index is 1.25. The lowest BCUT2D eigenvalue weighted by Crippen LogP contribution is -2.29. The van der Waals surface area contributed by atoms with Crippen LogP contribution in [0.25, 0.3) is 0 Å². The van der Waals surface area contributed by atoms with E-state index in [0.29, 0.717) is 0 Å². The molecule has 226 valence electrons. The van der Waals surface area contributed by atoms with Crippen molar-refractivity contribution in [3.8, 4) is 0 Å². The van der Waals surface area contributed by atoms with E-state index >= 15 is 0 Å². The lowest BCUT2D eigenvalue weighted by molar-refractivity contribution is 0.0472. The molecule has 4 aromatic carbocycles. The predicted molar refractivity (Wildman–Crippen MR) is 166 cm³/mol. The SMILES string of the molecule is O=C(COC(=O)c1cccc(N2C(=O)c3ccc(C(=O)OCC(=O)c4ccc(Cl)c(Cl)c4)cc3C2=O)c1)c1ccc(Cl)c(Cl)c1. The van der Waals surface area contributed by atoms with Crippen molar-refractivity contribution in [1.82, 2.24) is 0 Å². The molecule has 0 fully saturated rings. The van der Waals surface area contributed by atoms with Crippen molar-refractivity contribution in [2.24, 2.45) is 0 Å². The van der Waals surface area contributed by atoms with Crippen molar-refractivity contribution in [3.05, 3.63) is 132 Å². The number of imide groups is 1. The fourth-order valence-electron chi connectivity index (χ4n) is 4.31. The van der Waals surface area contributed by atoms with Crippen molar-refractivity contribution in [3.63, 3.8) is 0 Å². The molecule has 1 heterocycles. The largest absolute Gasteiger partial charge is 0.454 e. The number of carbonyl (C=O) groups is 6. The van der Waals surface area contributed by atoms with Crippen molar-refractivity contribution in [2.45, 2.75) is 0 Å². The summed E-state index contributed by atoms with van der Waals surface area (Å²) in [4.78, 5) is 77.5. The van der Waals surface area contributed by atoms with E-state index in [0.717, 1.165) is 4.90 Å². The highest BCUT2D eigenvalue weighted by molar-refractivity contribution is 6.42. The van der Waals surface area contributed by atoms with Crippen molar-refractivity contribution in [2.75, 3.05) is 18.1 Å². The maximum absolute atomic E-state index is 13.3. The highest BCUT2D eigenvalue weighted by atomic mass is 35.5. The van der Waals surface area contributed by atoms with Crippen molar-refractivity contribution in [1.29, 1.82) is 0 Å². The molecule has 0 unspecified atom stereocenters. The van der Waals surface area contributed by atoms with Crippen LogP contribution < -0.4 is 4.90 Å². The number of benzene rings is 4. The molecule has 1 aliphatic rings. The number of esters is 2. The molecule has 2 amide bonds. The molecule has 0 aliphatic carbocycles. The summed E-state index contributed by atoms with van der Waals surface area (Å²) >= 11 is 23.6. The Bertz CT molecular complexity index is 1940. The number of rotatable bonds is 9. The maximum atomic E-state index is 13.3. The van der Waals surface area contributed by atoms with Crippen LogP contribution in [0.5, 0.6) is 0 Å². The molecule has 13 heteroatoms. The summed E-state index contributed by atoms with van der Waals surface area (Å²) in [5.41, 5.74) is 0.284. The van der Waals surface area contributed by atoms with Crippen LogP contribution in [0.1, 0.15) is 62.1 Å². The summed E-state index contributed by atoms with van der Waals surface area (Å²) in [6.45, 7) is -1.19. The smallest absolute Gasteiger partial charge is 0.338 e. The number of ether oxygens (including phenoxy) is 2. The number of amides is 2. The Morgan fingerprint density at radius 2 is 1.02 bits per heavy atom. The van der Waals surface area contributed by atoms with E-state index in [4.69, 9.17) is 55.9 Å². The van der Waals surface area contributed by atoms with Gasteiger partial charge >= 0.3 is 11.9 Å². The monoisotopic (exact) mass is 683 g/mol. The van der Waals surface area contributed by atoms with Crippen LogP contribution in [0.15, 0.2) is 78.9 Å². The lowest BCUT2D eigenvalue weighted by Gasteiger charge is -2.14. The van der Waals surface area contributed by atoms with Crippen molar-refractivity contribution >= 4 is 87.4 Å². The Kier molecular flexibility index (Phi) is 9.36. The molecule has 45 heavy (non-hydrogen) atoms. The molecule has 0 atom stereocenters. The fraction of sp³-hybridized carbons (Fsp3) is 0.0625. The summed E-state index contributed by atoms with van der Waals surface area (Å²) in [6.07, 6.45) is 0. The second-order valence-corrected chi connectivity index (χ2v) is 11.1. The van der Waals surface area contributed by atoms with E-state index in [-0.39, 0.29) is 59.2 Å². The number of hydrogen-bond acceptors (Lipinski definition) is 8. The third-order valence-corrected chi connectivity index (χ3v) is 8.09. The van der Waals surface area contributed by atoms with Crippen LogP contribution in [0, 0.1) is 0 Å². The summed E-state index contributed by atoms with van der Waals surface area (Å²) < 4.78 is 10.2. The van der Waals surface area contributed by atoms with Gasteiger partial charge in [0.1, 0.15) is 0 Å². The Hall–Kier alpha value is -4.54. The molecule has 1 aliphatic heterocycles. The standard InChI is InChI=1S/C32H17Cl4NO8/c33-23-8-5-16(12-25(23)35)27(38)14-44-31(42)18-2-1-3-20(10-18)37-29(40)21-7-4-19(11-22(21)30(37)41)32(43)45-15-28(39)17-6-9-24(34)26(36)13-17/h1-13H,14-15H2. The summed E-state index contributed by atoms with van der Waals surface area (Å²) in [7, 11) is 0. The molecule has 5 rings (SSSR count). The van der Waals surface area contributed by atoms with E-state index in [2.05, 4.69) is 0 Å². The average molecular weight is 685 g/mol. The average Bonchev–Trinajstić information content (AvgIpc) is 3.29. The van der Waals surface area contributed by atoms with Crippen molar-refractivity contribution < 1.29 is 38.2 Å². The molecule has 0 N–H and O–H groups in total. The van der Waals surface area contributed by atoms with Gasteiger partial charge < -0.3 is 9.47 Å². The molecule has 0 radical (unpaired) electrons. The minimum Gasteiger partial charge on any atom is -0.454 e. The second kappa shape index (κ2) is 13.2. The Labute approximate surface area is 275 Å². The first kappa shape index (κ1) is 31.9. The zero-order chi connectivity index (χ0) is 32.4. The van der Waals surface area contributed by atoms with Gasteiger partial charge in [-0.1, -0.05) is 52.5 Å². The molecule has 0 saturated carbocycles. The van der Waals surface area contributed by atoms with Gasteiger partial charge in [-0.3, -0.25) is 19.2 Å². The second-order valence-electron chi connectivity index (χ2n) is 9.51. The fourth-order valence-corrected chi connectivity index (χ4v) is 4.91. The molecule has 0 saturated heterocycles. The highest BCUT2D eigenvalue weighted by Gasteiger charge is 2.37. The van der Waals surface area contributed by atoms with Gasteiger partial charge in [0.15, 0.2) is 24.8 Å². The first-order chi connectivity index (χ1) is 21.4. The number of carbonyl (C=O) groups excluding carboxylic acids is 6. The topological polar surface area (TPSA) is 124 Å². The number of nitrogens with zero attached hydrogens (tertiary/aromatic N) is 1. The minimum absolute atomic E-state index is 0.0173. The van der Waals surface area contributed by atoms with Crippen LogP contribution >= 0.6 is 46.4 Å². The van der Waals surface area contributed by atoms with Crippen LogP contribution in [0.3, 0.4) is 0 Å². The molecule has 9 nitrogen and oxygen atoms in total. The third-order valence-electron chi connectivity index (χ3n) is 6.61. The molecule has 0 spiro atoms. The number of fused-ring (bicyclic) bond motifs is 1. The van der Waals surface area contributed by atoms with E-state index in [1.54, 1.807) is 0 Å². The summed E-state index contributed by atoms with van der Waals surface area (Å²) in [6, 6.07) is 17.7. The zero-order valence-corrected chi connectivity index (χ0v) is 25.7. The summed E-state index contributed by atoms with van der Waals surface area (Å²) in [5, 5.41) is 0.856. The number of hydrogen-bond donors (Lipinski definition) is 0. The van der Waals surface area contributed by atoms with Gasteiger partial charge in [0.25, 0.3) is 11.8 Å². The van der Waals surface area contributed by atoms with E-state index in [9.17, 15) is 28.8 Å². The first-order valence-corrected chi connectivity index (χ1v) is 14.4. The van der Waals surface area contributed by atoms with Gasteiger partial charge in [-0.2, -0.15) is 0 Å². The van der Waals surface area contributed by atoms with E-state index in [1.807, 2.05) is 0 Å². The van der Waals surface area contributed by atoms with E-state index in [1.165, 1.54) is 78.9 Å². The number of anilines is 1. The molecule has 0 aromatic heterocycles. The number of Topliss-reactive ketones (excluding diaryl/α,β-unsaturated/α-hetero) is 2. The number of halogens is 4. The van der Waals surface area contributed by atoms with Crippen LogP contribution in [0.4, 0.5) is 5.69 Å². The van der Waals surface area contributed by atoms with Gasteiger partial charge in [0.2, 0.25) is 0 Å². The molecular formula is C32H17Cl4NO8. The number of ketones is 2. The maximum Gasteiger partial charge on any atom is 0.338 e. The van der Waals surface area contributed by atoms with Gasteiger partial charge in [-0.15, -0.1) is 0 Å². The van der Waals surface area contributed by atoms with Gasteiger partial charge in [-0.05, 0) is 72.8 Å². The van der Waals surface area contributed by atoms with Crippen LogP contribution in [-0.4, -0.2) is 48.5 Å². The van der Waals surface area contributed by atoms with Gasteiger partial charge in [-0.25, -0.2) is 14.5 Å². The van der Waals surface area contributed by atoms with Crippen LogP contribution in [-0.2, 0) is 9.47 Å².